The van der Waals surface area contributed by atoms with Crippen LogP contribution < -0.4 is 9.62 Å². The van der Waals surface area contributed by atoms with Crippen LogP contribution in [0.1, 0.15) is 31.4 Å². The van der Waals surface area contributed by atoms with Crippen molar-refractivity contribution in [3.05, 3.63) is 63.6 Å². The number of hydrogen-bond donors (Lipinski definition) is 1. The fourth-order valence-electron chi connectivity index (χ4n) is 3.36. The summed E-state index contributed by atoms with van der Waals surface area (Å²) < 4.78 is 26.1. The van der Waals surface area contributed by atoms with Crippen LogP contribution in [-0.2, 0) is 26.2 Å². The third-order valence-electron chi connectivity index (χ3n) is 5.08. The average Bonchev–Trinajstić information content (AvgIpc) is 2.74. The highest BCUT2D eigenvalue weighted by molar-refractivity contribution is 7.92. The van der Waals surface area contributed by atoms with Crippen molar-refractivity contribution in [3.63, 3.8) is 0 Å². The number of amides is 2. The summed E-state index contributed by atoms with van der Waals surface area (Å²) in [5.74, 6) is -0.800. The minimum absolute atomic E-state index is 0.160. The van der Waals surface area contributed by atoms with Gasteiger partial charge in [-0.1, -0.05) is 60.0 Å². The number of halogens is 2. The van der Waals surface area contributed by atoms with Gasteiger partial charge >= 0.3 is 0 Å². The van der Waals surface area contributed by atoms with Crippen molar-refractivity contribution in [2.24, 2.45) is 0 Å². The van der Waals surface area contributed by atoms with Crippen molar-refractivity contribution in [2.75, 3.05) is 23.7 Å². The first-order chi connectivity index (χ1) is 15.5. The maximum atomic E-state index is 13.5. The molecule has 2 amide bonds. The van der Waals surface area contributed by atoms with Crippen LogP contribution in [0.4, 0.5) is 5.69 Å². The lowest BCUT2D eigenvalue weighted by Crippen LogP contribution is -2.52. The topological polar surface area (TPSA) is 86.8 Å². The monoisotopic (exact) mass is 513 g/mol. The van der Waals surface area contributed by atoms with Crippen molar-refractivity contribution in [1.82, 2.24) is 10.2 Å². The zero-order valence-electron chi connectivity index (χ0n) is 19.1. The molecule has 1 atom stereocenters. The molecule has 0 saturated carbocycles. The van der Waals surface area contributed by atoms with E-state index in [1.54, 1.807) is 6.92 Å². The predicted molar refractivity (Wildman–Crippen MR) is 133 cm³/mol. The van der Waals surface area contributed by atoms with Crippen LogP contribution in [0.25, 0.3) is 0 Å². The Labute approximate surface area is 205 Å². The van der Waals surface area contributed by atoms with Gasteiger partial charge in [0.2, 0.25) is 21.8 Å². The number of benzene rings is 2. The Balaban J connectivity index is 2.44. The molecular weight excluding hydrogens is 485 g/mol. The van der Waals surface area contributed by atoms with Gasteiger partial charge < -0.3 is 10.2 Å². The summed E-state index contributed by atoms with van der Waals surface area (Å²) in [6.07, 6.45) is 1.38. The van der Waals surface area contributed by atoms with Crippen LogP contribution in [0.5, 0.6) is 0 Å². The highest BCUT2D eigenvalue weighted by Gasteiger charge is 2.31. The van der Waals surface area contributed by atoms with Gasteiger partial charge in [0.15, 0.2) is 0 Å². The number of carbonyl (C=O) groups excluding carboxylic acids is 2. The summed E-state index contributed by atoms with van der Waals surface area (Å²) in [6, 6.07) is 11.2. The Morgan fingerprint density at radius 1 is 1.03 bits per heavy atom. The smallest absolute Gasteiger partial charge is 0.244 e. The van der Waals surface area contributed by atoms with Crippen molar-refractivity contribution < 1.29 is 18.0 Å². The van der Waals surface area contributed by atoms with Gasteiger partial charge in [0.25, 0.3) is 0 Å². The van der Waals surface area contributed by atoms with Crippen LogP contribution in [0.15, 0.2) is 42.5 Å². The lowest BCUT2D eigenvalue weighted by molar-refractivity contribution is -0.140. The van der Waals surface area contributed by atoms with E-state index in [2.05, 4.69) is 5.32 Å². The summed E-state index contributed by atoms with van der Waals surface area (Å²) in [4.78, 5) is 27.6. The van der Waals surface area contributed by atoms with Crippen LogP contribution in [-0.4, -0.2) is 50.5 Å². The van der Waals surface area contributed by atoms with E-state index in [-0.39, 0.29) is 28.2 Å². The molecule has 0 radical (unpaired) electrons. The summed E-state index contributed by atoms with van der Waals surface area (Å²) in [5.41, 5.74) is 2.11. The summed E-state index contributed by atoms with van der Waals surface area (Å²) in [6.45, 7) is 5.65. The highest BCUT2D eigenvalue weighted by atomic mass is 35.5. The van der Waals surface area contributed by atoms with Gasteiger partial charge in [-0.3, -0.25) is 13.9 Å². The second-order valence-corrected chi connectivity index (χ2v) is 10.4. The SMILES string of the molecule is CCNC(=O)C(CC)N(Cc1ccc(C)cc1)C(=O)CN(c1ccc(Cl)c(Cl)c1)S(C)(=O)=O. The van der Waals surface area contributed by atoms with Crippen LogP contribution in [0.2, 0.25) is 10.0 Å². The van der Waals surface area contributed by atoms with Crippen molar-refractivity contribution in [2.45, 2.75) is 39.8 Å². The van der Waals surface area contributed by atoms with Crippen LogP contribution >= 0.6 is 23.2 Å². The quantitative estimate of drug-likeness (QED) is 0.519. The molecule has 0 aliphatic heterocycles. The molecule has 0 spiro atoms. The molecule has 0 saturated heterocycles. The number of carbonyl (C=O) groups is 2. The third-order valence-corrected chi connectivity index (χ3v) is 6.96. The molecule has 2 aromatic carbocycles. The number of nitrogens with zero attached hydrogens (tertiary/aromatic N) is 2. The Kier molecular flexibility index (Phi) is 9.57. The molecule has 1 unspecified atom stereocenters. The van der Waals surface area contributed by atoms with E-state index in [9.17, 15) is 18.0 Å². The first kappa shape index (κ1) is 27.0. The van der Waals surface area contributed by atoms with Crippen molar-refractivity contribution in [3.8, 4) is 0 Å². The van der Waals surface area contributed by atoms with Gasteiger partial charge in [-0.25, -0.2) is 8.42 Å². The fourth-order valence-corrected chi connectivity index (χ4v) is 4.49. The van der Waals surface area contributed by atoms with E-state index < -0.39 is 28.5 Å². The number of anilines is 1. The molecular formula is C23H29Cl2N3O4S. The first-order valence-electron chi connectivity index (χ1n) is 10.5. The molecule has 2 aromatic rings. The minimum atomic E-state index is -3.83. The molecule has 1 N–H and O–H groups in total. The fraction of sp³-hybridized carbons (Fsp3) is 0.391. The van der Waals surface area contributed by atoms with E-state index in [0.29, 0.717) is 13.0 Å². The molecule has 0 heterocycles. The first-order valence-corrected chi connectivity index (χ1v) is 13.1. The molecule has 0 aliphatic carbocycles. The number of likely N-dealkylation sites (N-methyl/N-ethyl adjacent to an activating group) is 1. The maximum absolute atomic E-state index is 13.5. The number of hydrogen-bond acceptors (Lipinski definition) is 4. The Morgan fingerprint density at radius 2 is 1.67 bits per heavy atom. The predicted octanol–water partition coefficient (Wildman–Crippen LogP) is 4.01. The van der Waals surface area contributed by atoms with Gasteiger partial charge in [0, 0.05) is 13.1 Å². The standard InChI is InChI=1S/C23H29Cl2N3O4S/c1-5-21(23(30)26-6-2)27(14-17-9-7-16(3)8-10-17)22(29)15-28(33(4,31)32)18-11-12-19(24)20(25)13-18/h7-13,21H,5-6,14-15H2,1-4H3,(H,26,30). The van der Waals surface area contributed by atoms with Gasteiger partial charge in [0.05, 0.1) is 22.0 Å². The molecule has 0 fully saturated rings. The largest absolute Gasteiger partial charge is 0.355 e. The average molecular weight is 514 g/mol. The highest BCUT2D eigenvalue weighted by Crippen LogP contribution is 2.28. The second-order valence-electron chi connectivity index (χ2n) is 7.69. The molecule has 10 heteroatoms. The summed E-state index contributed by atoms with van der Waals surface area (Å²) in [7, 11) is -3.83. The molecule has 33 heavy (non-hydrogen) atoms. The summed E-state index contributed by atoms with van der Waals surface area (Å²) in [5, 5.41) is 3.19. The molecule has 0 aromatic heterocycles. The maximum Gasteiger partial charge on any atom is 0.244 e. The molecule has 7 nitrogen and oxygen atoms in total. The number of rotatable bonds is 10. The van der Waals surface area contributed by atoms with E-state index in [1.165, 1.54) is 23.1 Å². The van der Waals surface area contributed by atoms with Crippen LogP contribution in [0.3, 0.4) is 0 Å². The Morgan fingerprint density at radius 3 is 2.18 bits per heavy atom. The lowest BCUT2D eigenvalue weighted by Gasteiger charge is -2.32. The van der Waals surface area contributed by atoms with Gasteiger partial charge in [-0.15, -0.1) is 0 Å². The minimum Gasteiger partial charge on any atom is -0.355 e. The second kappa shape index (κ2) is 11.7. The normalized spacial score (nSPS) is 12.2. The lowest BCUT2D eigenvalue weighted by atomic mass is 10.1. The Hall–Kier alpha value is -2.29. The van der Waals surface area contributed by atoms with Gasteiger partial charge in [0.1, 0.15) is 12.6 Å². The molecule has 0 bridgehead atoms. The van der Waals surface area contributed by atoms with E-state index in [0.717, 1.165) is 21.7 Å². The van der Waals surface area contributed by atoms with E-state index in [4.69, 9.17) is 23.2 Å². The zero-order valence-corrected chi connectivity index (χ0v) is 21.5. The van der Waals surface area contributed by atoms with Gasteiger partial charge in [-0.2, -0.15) is 0 Å². The number of aryl methyl sites for hydroxylation is 1. The van der Waals surface area contributed by atoms with Crippen molar-refractivity contribution in [1.29, 1.82) is 0 Å². The zero-order chi connectivity index (χ0) is 24.8. The van der Waals surface area contributed by atoms with Gasteiger partial charge in [-0.05, 0) is 44.0 Å². The molecule has 2 rings (SSSR count). The van der Waals surface area contributed by atoms with Crippen LogP contribution in [0, 0.1) is 6.92 Å². The van der Waals surface area contributed by atoms with Crippen molar-refractivity contribution >= 4 is 50.7 Å². The van der Waals surface area contributed by atoms with E-state index >= 15 is 0 Å². The summed E-state index contributed by atoms with van der Waals surface area (Å²) >= 11 is 12.0. The number of sulfonamides is 1. The third kappa shape index (κ3) is 7.35. The number of nitrogens with one attached hydrogen (secondary N) is 1. The molecule has 0 aliphatic rings. The van der Waals surface area contributed by atoms with E-state index in [1.807, 2.05) is 38.1 Å². The Bertz CT molecular complexity index is 1090. The molecule has 180 valence electrons.